The molecule has 4 heteroatoms. The topological polar surface area (TPSA) is 30.9 Å². The van der Waals surface area contributed by atoms with Gasteiger partial charge in [0.05, 0.1) is 6.54 Å². The maximum absolute atomic E-state index is 13.4. The third-order valence-corrected chi connectivity index (χ3v) is 2.04. The van der Waals surface area contributed by atoms with Crippen LogP contribution in [0.3, 0.4) is 0 Å². The van der Waals surface area contributed by atoms with Crippen LogP contribution in [-0.2, 0) is 6.54 Å². The van der Waals surface area contributed by atoms with Crippen LogP contribution in [0.15, 0.2) is 18.3 Å². The lowest BCUT2D eigenvalue weighted by molar-refractivity contribution is 0.171. The Bertz CT molecular complexity index is 257. The summed E-state index contributed by atoms with van der Waals surface area (Å²) in [5.41, 5.74) is 3.86. The zero-order valence-electron chi connectivity index (χ0n) is 6.93. The summed E-state index contributed by atoms with van der Waals surface area (Å²) in [4.78, 5) is 0. The van der Waals surface area contributed by atoms with Gasteiger partial charge < -0.3 is 10.3 Å². The molecule has 12 heavy (non-hydrogen) atoms. The number of aromatic nitrogens is 1. The summed E-state index contributed by atoms with van der Waals surface area (Å²) in [5.74, 6) is 0. The van der Waals surface area contributed by atoms with Gasteiger partial charge in [-0.05, 0) is 19.1 Å². The van der Waals surface area contributed by atoms with E-state index in [-0.39, 0.29) is 13.1 Å². The van der Waals surface area contributed by atoms with Crippen LogP contribution in [0.25, 0.3) is 0 Å². The van der Waals surface area contributed by atoms with Crippen molar-refractivity contribution in [1.82, 2.24) is 4.57 Å². The van der Waals surface area contributed by atoms with Crippen molar-refractivity contribution in [2.45, 2.75) is 19.1 Å². The molecule has 1 atom stereocenters. The number of hydrogen-bond acceptors (Lipinski definition) is 1. The van der Waals surface area contributed by atoms with E-state index in [9.17, 15) is 4.39 Å². The maximum atomic E-state index is 13.4. The first-order chi connectivity index (χ1) is 5.55. The summed E-state index contributed by atoms with van der Waals surface area (Å²) in [6, 6.07) is 3.49. The molecule has 0 aliphatic rings. The SMILES string of the molecule is CC(F)(CN)Cn1cccc1Cl. The first-order valence-electron chi connectivity index (χ1n) is 3.75. The van der Waals surface area contributed by atoms with E-state index in [2.05, 4.69) is 0 Å². The average molecular weight is 191 g/mol. The van der Waals surface area contributed by atoms with Gasteiger partial charge in [0.15, 0.2) is 0 Å². The normalized spacial score (nSPS) is 16.0. The van der Waals surface area contributed by atoms with Crippen molar-refractivity contribution in [3.63, 3.8) is 0 Å². The molecule has 1 heterocycles. The van der Waals surface area contributed by atoms with E-state index in [0.29, 0.717) is 5.15 Å². The third kappa shape index (κ3) is 2.22. The fourth-order valence-electron chi connectivity index (χ4n) is 0.941. The van der Waals surface area contributed by atoms with E-state index in [0.717, 1.165) is 0 Å². The van der Waals surface area contributed by atoms with Crippen molar-refractivity contribution in [2.75, 3.05) is 6.54 Å². The summed E-state index contributed by atoms with van der Waals surface area (Å²) in [6.45, 7) is 1.67. The van der Waals surface area contributed by atoms with Crippen LogP contribution in [0.2, 0.25) is 5.15 Å². The van der Waals surface area contributed by atoms with E-state index in [1.54, 1.807) is 22.9 Å². The summed E-state index contributed by atoms with van der Waals surface area (Å²) in [6.07, 6.45) is 1.73. The van der Waals surface area contributed by atoms with Crippen LogP contribution in [-0.4, -0.2) is 16.8 Å². The summed E-state index contributed by atoms with van der Waals surface area (Å²) in [7, 11) is 0. The first-order valence-corrected chi connectivity index (χ1v) is 4.12. The van der Waals surface area contributed by atoms with Crippen molar-refractivity contribution in [1.29, 1.82) is 0 Å². The molecular weight excluding hydrogens is 179 g/mol. The van der Waals surface area contributed by atoms with E-state index in [1.165, 1.54) is 6.92 Å². The lowest BCUT2D eigenvalue weighted by Gasteiger charge is -2.19. The molecule has 0 saturated carbocycles. The van der Waals surface area contributed by atoms with Gasteiger partial charge in [0.1, 0.15) is 10.8 Å². The molecule has 1 unspecified atom stereocenters. The number of nitrogens with zero attached hydrogens (tertiary/aromatic N) is 1. The van der Waals surface area contributed by atoms with Crippen molar-refractivity contribution >= 4 is 11.6 Å². The monoisotopic (exact) mass is 190 g/mol. The van der Waals surface area contributed by atoms with Gasteiger partial charge in [-0.3, -0.25) is 0 Å². The van der Waals surface area contributed by atoms with Gasteiger partial charge in [-0.1, -0.05) is 11.6 Å². The van der Waals surface area contributed by atoms with Gasteiger partial charge >= 0.3 is 0 Å². The predicted molar refractivity (Wildman–Crippen MR) is 48.0 cm³/mol. The second kappa shape index (κ2) is 3.46. The zero-order chi connectivity index (χ0) is 9.19. The Morgan fingerprint density at radius 1 is 1.75 bits per heavy atom. The second-order valence-corrected chi connectivity index (χ2v) is 3.46. The van der Waals surface area contributed by atoms with Crippen LogP contribution in [0, 0.1) is 0 Å². The van der Waals surface area contributed by atoms with Gasteiger partial charge in [0.2, 0.25) is 0 Å². The number of nitrogens with two attached hydrogens (primary N) is 1. The quantitative estimate of drug-likeness (QED) is 0.775. The Balaban J connectivity index is 2.70. The molecule has 0 bridgehead atoms. The highest BCUT2D eigenvalue weighted by Gasteiger charge is 2.21. The molecule has 0 fully saturated rings. The van der Waals surface area contributed by atoms with Crippen LogP contribution < -0.4 is 5.73 Å². The summed E-state index contributed by atoms with van der Waals surface area (Å²) < 4.78 is 15.0. The van der Waals surface area contributed by atoms with E-state index >= 15 is 0 Å². The molecule has 0 spiro atoms. The van der Waals surface area contributed by atoms with Crippen LogP contribution in [0.1, 0.15) is 6.92 Å². The molecule has 68 valence electrons. The minimum absolute atomic E-state index is 0.00150. The lowest BCUT2D eigenvalue weighted by Crippen LogP contribution is -2.34. The molecule has 0 aliphatic heterocycles. The number of hydrogen-bond donors (Lipinski definition) is 1. The lowest BCUT2D eigenvalue weighted by atomic mass is 10.1. The molecule has 2 N–H and O–H groups in total. The molecular formula is C8H12ClFN2. The zero-order valence-corrected chi connectivity index (χ0v) is 7.68. The van der Waals surface area contributed by atoms with Crippen LogP contribution in [0.5, 0.6) is 0 Å². The van der Waals surface area contributed by atoms with Crippen LogP contribution in [0.4, 0.5) is 4.39 Å². The fraction of sp³-hybridized carbons (Fsp3) is 0.500. The van der Waals surface area contributed by atoms with Gasteiger partial charge in [-0.2, -0.15) is 0 Å². The van der Waals surface area contributed by atoms with E-state index in [1.807, 2.05) is 0 Å². The Morgan fingerprint density at radius 2 is 2.42 bits per heavy atom. The Labute approximate surface area is 76.1 Å². The summed E-state index contributed by atoms with van der Waals surface area (Å²) >= 11 is 5.76. The Kier molecular flexibility index (Phi) is 2.75. The standard InChI is InChI=1S/C8H12ClFN2/c1-8(10,5-11)6-12-4-2-3-7(12)9/h2-4H,5-6,11H2,1H3. The number of halogens is 2. The van der Waals surface area contributed by atoms with E-state index < -0.39 is 5.67 Å². The van der Waals surface area contributed by atoms with Crippen molar-refractivity contribution in [2.24, 2.45) is 5.73 Å². The highest BCUT2D eigenvalue weighted by molar-refractivity contribution is 6.29. The predicted octanol–water partition coefficient (Wildman–Crippen LogP) is 1.83. The smallest absolute Gasteiger partial charge is 0.138 e. The average Bonchev–Trinajstić information content (AvgIpc) is 2.36. The summed E-state index contributed by atoms with van der Waals surface area (Å²) in [5, 5.41) is 0.535. The fourth-order valence-corrected chi connectivity index (χ4v) is 1.13. The number of rotatable bonds is 3. The first kappa shape index (κ1) is 9.55. The largest absolute Gasteiger partial charge is 0.336 e. The number of alkyl halides is 1. The van der Waals surface area contributed by atoms with Crippen molar-refractivity contribution in [3.8, 4) is 0 Å². The molecule has 0 aliphatic carbocycles. The van der Waals surface area contributed by atoms with Gasteiger partial charge in [-0.25, -0.2) is 4.39 Å². The molecule has 1 aromatic rings. The molecule has 0 amide bonds. The van der Waals surface area contributed by atoms with Crippen molar-refractivity contribution in [3.05, 3.63) is 23.5 Å². The van der Waals surface area contributed by atoms with Crippen molar-refractivity contribution < 1.29 is 4.39 Å². The minimum Gasteiger partial charge on any atom is -0.336 e. The minimum atomic E-state index is -1.39. The van der Waals surface area contributed by atoms with Gasteiger partial charge in [0.25, 0.3) is 0 Å². The molecule has 2 nitrogen and oxygen atoms in total. The Morgan fingerprint density at radius 3 is 2.83 bits per heavy atom. The Hall–Kier alpha value is -0.540. The van der Waals surface area contributed by atoms with Gasteiger partial charge in [-0.15, -0.1) is 0 Å². The molecule has 0 saturated heterocycles. The molecule has 0 radical (unpaired) electrons. The third-order valence-electron chi connectivity index (χ3n) is 1.70. The molecule has 1 rings (SSSR count). The molecule has 1 aromatic heterocycles. The second-order valence-electron chi connectivity index (χ2n) is 3.08. The molecule has 0 aromatic carbocycles. The highest BCUT2D eigenvalue weighted by Crippen LogP contribution is 2.16. The van der Waals surface area contributed by atoms with Gasteiger partial charge in [0, 0.05) is 12.7 Å². The van der Waals surface area contributed by atoms with E-state index in [4.69, 9.17) is 17.3 Å². The maximum Gasteiger partial charge on any atom is 0.138 e. The van der Waals surface area contributed by atoms with Crippen LogP contribution >= 0.6 is 11.6 Å². The highest BCUT2D eigenvalue weighted by atomic mass is 35.5.